The molecule has 1 aromatic carbocycles. The summed E-state index contributed by atoms with van der Waals surface area (Å²) in [7, 11) is 0. The molecule has 1 fully saturated rings. The zero-order valence-electron chi connectivity index (χ0n) is 12.1. The van der Waals surface area contributed by atoms with Gasteiger partial charge in [-0.1, -0.05) is 18.2 Å². The number of amides is 1. The minimum atomic E-state index is 0. The monoisotopic (exact) mass is 308 g/mol. The summed E-state index contributed by atoms with van der Waals surface area (Å²) in [6, 6.07) is 8.05. The van der Waals surface area contributed by atoms with Crippen LogP contribution >= 0.6 is 12.4 Å². The van der Waals surface area contributed by atoms with Crippen LogP contribution in [0.4, 0.5) is 0 Å². The zero-order valence-corrected chi connectivity index (χ0v) is 12.9. The Hall–Kier alpha value is -1.52. The van der Waals surface area contributed by atoms with Crippen LogP contribution in [0.5, 0.6) is 5.75 Å². The topological polar surface area (TPSA) is 55.6 Å². The van der Waals surface area contributed by atoms with E-state index in [0.29, 0.717) is 19.1 Å². The zero-order chi connectivity index (χ0) is 14.1. The Morgan fingerprint density at radius 2 is 2.19 bits per heavy atom. The van der Waals surface area contributed by atoms with E-state index >= 15 is 0 Å². The fourth-order valence-electron chi connectivity index (χ4n) is 3.02. The minimum Gasteiger partial charge on any atom is -0.488 e. The largest absolute Gasteiger partial charge is 0.488 e. The quantitative estimate of drug-likeness (QED) is 0.910. The van der Waals surface area contributed by atoms with Crippen LogP contribution in [0.1, 0.15) is 18.9 Å². The highest BCUT2D eigenvalue weighted by molar-refractivity contribution is 5.99. The number of rotatable bonds is 2. The molecule has 3 rings (SSSR count). The highest BCUT2D eigenvalue weighted by Crippen LogP contribution is 2.29. The smallest absolute Gasteiger partial charge is 0.253 e. The van der Waals surface area contributed by atoms with Gasteiger partial charge in [0.25, 0.3) is 5.91 Å². The first-order chi connectivity index (χ1) is 9.69. The van der Waals surface area contributed by atoms with E-state index in [0.717, 1.165) is 29.9 Å². The van der Waals surface area contributed by atoms with Crippen molar-refractivity contribution in [3.05, 3.63) is 35.4 Å². The van der Waals surface area contributed by atoms with Crippen molar-refractivity contribution in [2.45, 2.75) is 19.4 Å². The van der Waals surface area contributed by atoms with Gasteiger partial charge in [-0.3, -0.25) is 4.79 Å². The highest BCUT2D eigenvalue weighted by atomic mass is 35.5. The number of ether oxygens (including phenoxy) is 1. The summed E-state index contributed by atoms with van der Waals surface area (Å²) in [5.41, 5.74) is 7.43. The maximum Gasteiger partial charge on any atom is 0.253 e. The Morgan fingerprint density at radius 1 is 1.43 bits per heavy atom. The molecule has 0 spiro atoms. The van der Waals surface area contributed by atoms with Gasteiger partial charge < -0.3 is 15.4 Å². The van der Waals surface area contributed by atoms with E-state index in [1.807, 2.05) is 35.2 Å². The van der Waals surface area contributed by atoms with Crippen LogP contribution in [0.25, 0.3) is 6.08 Å². The van der Waals surface area contributed by atoms with Gasteiger partial charge in [-0.25, -0.2) is 0 Å². The van der Waals surface area contributed by atoms with Crippen LogP contribution in [0.15, 0.2) is 29.8 Å². The maximum atomic E-state index is 12.6. The van der Waals surface area contributed by atoms with Gasteiger partial charge in [-0.05, 0) is 37.9 Å². The molecule has 2 aliphatic rings. The molecule has 0 saturated carbocycles. The molecule has 0 aliphatic carbocycles. The van der Waals surface area contributed by atoms with Crippen LogP contribution in [-0.2, 0) is 4.79 Å². The molecule has 5 heteroatoms. The molecule has 2 aliphatic heterocycles. The van der Waals surface area contributed by atoms with E-state index in [4.69, 9.17) is 10.5 Å². The second-order valence-corrected chi connectivity index (χ2v) is 5.64. The molecule has 2 unspecified atom stereocenters. The van der Waals surface area contributed by atoms with Crippen LogP contribution < -0.4 is 10.5 Å². The van der Waals surface area contributed by atoms with E-state index in [1.54, 1.807) is 0 Å². The predicted molar refractivity (Wildman–Crippen MR) is 85.5 cm³/mol. The summed E-state index contributed by atoms with van der Waals surface area (Å²) in [5, 5.41) is 0. The molecule has 2 heterocycles. The Balaban J connectivity index is 0.00000161. The third-order valence-electron chi connectivity index (χ3n) is 4.16. The number of likely N-dealkylation sites (tertiary alicyclic amines) is 1. The molecular weight excluding hydrogens is 288 g/mol. The normalized spacial score (nSPS) is 23.7. The number of halogens is 1. The molecule has 114 valence electrons. The summed E-state index contributed by atoms with van der Waals surface area (Å²) in [4.78, 5) is 14.6. The van der Waals surface area contributed by atoms with E-state index in [-0.39, 0.29) is 24.4 Å². The lowest BCUT2D eigenvalue weighted by molar-refractivity contribution is -0.128. The van der Waals surface area contributed by atoms with Crippen molar-refractivity contribution in [1.29, 1.82) is 0 Å². The number of nitrogens with two attached hydrogens (primary N) is 1. The Labute approximate surface area is 131 Å². The van der Waals surface area contributed by atoms with E-state index in [2.05, 4.69) is 6.92 Å². The number of fused-ring (bicyclic) bond motifs is 1. The highest BCUT2D eigenvalue weighted by Gasteiger charge is 2.33. The van der Waals surface area contributed by atoms with Gasteiger partial charge in [-0.15, -0.1) is 12.4 Å². The molecule has 2 N–H and O–H groups in total. The van der Waals surface area contributed by atoms with Gasteiger partial charge in [-0.2, -0.15) is 0 Å². The van der Waals surface area contributed by atoms with Crippen molar-refractivity contribution in [2.24, 2.45) is 11.7 Å². The summed E-state index contributed by atoms with van der Waals surface area (Å²) in [6.45, 7) is 3.85. The average molecular weight is 309 g/mol. The lowest BCUT2D eigenvalue weighted by Gasteiger charge is -2.25. The van der Waals surface area contributed by atoms with Crippen LogP contribution in [0, 0.1) is 5.92 Å². The molecule has 21 heavy (non-hydrogen) atoms. The first kappa shape index (κ1) is 15.9. The van der Waals surface area contributed by atoms with Crippen molar-refractivity contribution >= 4 is 24.4 Å². The van der Waals surface area contributed by atoms with Crippen LogP contribution in [0.2, 0.25) is 0 Å². The second kappa shape index (κ2) is 6.50. The SMILES string of the molecule is CC1CC(CN)CN1C(=O)C1=Cc2ccccc2OC1.Cl. The molecule has 0 radical (unpaired) electrons. The van der Waals surface area contributed by atoms with Gasteiger partial charge >= 0.3 is 0 Å². The van der Waals surface area contributed by atoms with Crippen molar-refractivity contribution in [2.75, 3.05) is 19.7 Å². The van der Waals surface area contributed by atoms with Crippen molar-refractivity contribution < 1.29 is 9.53 Å². The van der Waals surface area contributed by atoms with E-state index in [9.17, 15) is 4.79 Å². The molecule has 0 bridgehead atoms. The third kappa shape index (κ3) is 3.06. The molecule has 4 nitrogen and oxygen atoms in total. The Bertz CT molecular complexity index is 559. The summed E-state index contributed by atoms with van der Waals surface area (Å²) in [6.07, 6.45) is 2.94. The first-order valence-electron chi connectivity index (χ1n) is 7.12. The lowest BCUT2D eigenvalue weighted by Crippen LogP contribution is -2.37. The third-order valence-corrected chi connectivity index (χ3v) is 4.16. The van der Waals surface area contributed by atoms with Crippen molar-refractivity contribution in [3.63, 3.8) is 0 Å². The molecule has 0 aromatic heterocycles. The van der Waals surface area contributed by atoms with Crippen molar-refractivity contribution in [1.82, 2.24) is 4.90 Å². The molecule has 1 amide bonds. The van der Waals surface area contributed by atoms with Gasteiger partial charge in [0.1, 0.15) is 12.4 Å². The summed E-state index contributed by atoms with van der Waals surface area (Å²) in [5.74, 6) is 1.35. The molecule has 1 saturated heterocycles. The molecular formula is C16H21ClN2O2. The molecule has 1 aromatic rings. The number of benzene rings is 1. The van der Waals surface area contributed by atoms with E-state index < -0.39 is 0 Å². The average Bonchev–Trinajstić information content (AvgIpc) is 2.87. The number of carbonyl (C=O) groups excluding carboxylic acids is 1. The first-order valence-corrected chi connectivity index (χ1v) is 7.12. The van der Waals surface area contributed by atoms with Gasteiger partial charge in [0, 0.05) is 18.2 Å². The Kier molecular flexibility index (Phi) is 4.91. The lowest BCUT2D eigenvalue weighted by atomic mass is 10.1. The fraction of sp³-hybridized carbons (Fsp3) is 0.438. The number of hydrogen-bond donors (Lipinski definition) is 1. The second-order valence-electron chi connectivity index (χ2n) is 5.64. The Morgan fingerprint density at radius 3 is 2.90 bits per heavy atom. The number of nitrogens with zero attached hydrogens (tertiary/aromatic N) is 1. The standard InChI is InChI=1S/C16H20N2O2.ClH/c1-11-6-12(8-17)9-18(11)16(19)14-7-13-4-2-3-5-15(13)20-10-14;/h2-5,7,11-12H,6,8-10,17H2,1H3;1H. The van der Waals surface area contributed by atoms with Crippen molar-refractivity contribution in [3.8, 4) is 5.75 Å². The number of carbonyl (C=O) groups is 1. The van der Waals surface area contributed by atoms with Crippen LogP contribution in [-0.4, -0.2) is 36.5 Å². The predicted octanol–water partition coefficient (Wildman–Crippen LogP) is 2.08. The van der Waals surface area contributed by atoms with Gasteiger partial charge in [0.05, 0.1) is 5.57 Å². The summed E-state index contributed by atoms with van der Waals surface area (Å²) >= 11 is 0. The minimum absolute atomic E-state index is 0. The fourth-order valence-corrected chi connectivity index (χ4v) is 3.02. The van der Waals surface area contributed by atoms with Crippen LogP contribution in [0.3, 0.4) is 0 Å². The van der Waals surface area contributed by atoms with Gasteiger partial charge in [0.15, 0.2) is 0 Å². The maximum absolute atomic E-state index is 12.6. The number of para-hydroxylation sites is 1. The molecule has 2 atom stereocenters. The van der Waals surface area contributed by atoms with Gasteiger partial charge in [0.2, 0.25) is 0 Å². The summed E-state index contributed by atoms with van der Waals surface area (Å²) < 4.78 is 5.66. The van der Waals surface area contributed by atoms with E-state index in [1.165, 1.54) is 0 Å². The number of hydrogen-bond acceptors (Lipinski definition) is 3.